The fraction of sp³-hybridized carbons (Fsp3) is 0.682. The molecular formula is C22H34N2O4S. The third kappa shape index (κ3) is 6.71. The van der Waals surface area contributed by atoms with E-state index in [1.165, 1.54) is 32.1 Å². The number of nitrogens with one attached hydrogen (secondary N) is 1. The first-order valence-corrected chi connectivity index (χ1v) is 12.5. The van der Waals surface area contributed by atoms with E-state index in [0.29, 0.717) is 18.8 Å². The second kappa shape index (κ2) is 11.0. The Morgan fingerprint density at radius 1 is 0.897 bits per heavy atom. The summed E-state index contributed by atoms with van der Waals surface area (Å²) in [6.07, 6.45) is 12.2. The van der Waals surface area contributed by atoms with Crippen molar-refractivity contribution in [2.45, 2.75) is 81.6 Å². The third-order valence-electron chi connectivity index (χ3n) is 5.87. The van der Waals surface area contributed by atoms with Crippen molar-refractivity contribution in [2.24, 2.45) is 0 Å². The Labute approximate surface area is 175 Å². The van der Waals surface area contributed by atoms with E-state index in [4.69, 9.17) is 4.74 Å². The number of amides is 1. The fourth-order valence-corrected chi connectivity index (χ4v) is 5.67. The number of benzene rings is 1. The quantitative estimate of drug-likeness (QED) is 0.755. The van der Waals surface area contributed by atoms with E-state index in [9.17, 15) is 13.2 Å². The van der Waals surface area contributed by atoms with Gasteiger partial charge in [-0.25, -0.2) is 8.42 Å². The molecule has 162 valence electrons. The van der Waals surface area contributed by atoms with Crippen LogP contribution in [0.25, 0.3) is 0 Å². The Morgan fingerprint density at radius 3 is 2.07 bits per heavy atom. The fourth-order valence-electron chi connectivity index (χ4n) is 4.16. The average Bonchev–Trinajstić information content (AvgIpc) is 2.99. The second-order valence-electron chi connectivity index (χ2n) is 8.19. The summed E-state index contributed by atoms with van der Waals surface area (Å²) in [5, 5.41) is 3.07. The van der Waals surface area contributed by atoms with Crippen LogP contribution >= 0.6 is 0 Å². The normalized spacial score (nSPS) is 20.3. The summed E-state index contributed by atoms with van der Waals surface area (Å²) >= 11 is 0. The van der Waals surface area contributed by atoms with E-state index in [0.717, 1.165) is 38.5 Å². The molecule has 1 N–H and O–H groups in total. The minimum atomic E-state index is -3.46. The Kier molecular flexibility index (Phi) is 8.36. The van der Waals surface area contributed by atoms with Gasteiger partial charge in [0.1, 0.15) is 5.75 Å². The molecule has 0 spiro atoms. The number of carbonyl (C=O) groups is 1. The predicted molar refractivity (Wildman–Crippen MR) is 113 cm³/mol. The molecule has 1 amide bonds. The van der Waals surface area contributed by atoms with Crippen LogP contribution in [0.1, 0.15) is 70.6 Å². The lowest BCUT2D eigenvalue weighted by Gasteiger charge is -2.21. The van der Waals surface area contributed by atoms with E-state index in [1.54, 1.807) is 28.6 Å². The van der Waals surface area contributed by atoms with Gasteiger partial charge in [-0.3, -0.25) is 4.79 Å². The third-order valence-corrected chi connectivity index (χ3v) is 7.78. The van der Waals surface area contributed by atoms with Crippen LogP contribution < -0.4 is 10.1 Å². The van der Waals surface area contributed by atoms with Gasteiger partial charge in [0.15, 0.2) is 6.61 Å². The highest BCUT2D eigenvalue weighted by atomic mass is 32.2. The summed E-state index contributed by atoms with van der Waals surface area (Å²) in [6, 6.07) is 6.65. The van der Waals surface area contributed by atoms with Crippen molar-refractivity contribution in [3.63, 3.8) is 0 Å². The molecule has 2 aliphatic rings. The minimum absolute atomic E-state index is 0.0469. The lowest BCUT2D eigenvalue weighted by atomic mass is 9.97. The maximum absolute atomic E-state index is 12.8. The molecule has 3 rings (SSSR count). The summed E-state index contributed by atoms with van der Waals surface area (Å²) in [7, 11) is -3.46. The number of ether oxygens (including phenoxy) is 1. The van der Waals surface area contributed by atoms with E-state index in [1.807, 2.05) is 0 Å². The number of hydrogen-bond acceptors (Lipinski definition) is 4. The largest absolute Gasteiger partial charge is 0.484 e. The van der Waals surface area contributed by atoms with Gasteiger partial charge in [0.25, 0.3) is 5.91 Å². The van der Waals surface area contributed by atoms with Gasteiger partial charge >= 0.3 is 0 Å². The van der Waals surface area contributed by atoms with Gasteiger partial charge in [-0.05, 0) is 49.9 Å². The van der Waals surface area contributed by atoms with Crippen molar-refractivity contribution in [3.8, 4) is 5.75 Å². The predicted octanol–water partition coefficient (Wildman–Crippen LogP) is 3.86. The lowest BCUT2D eigenvalue weighted by molar-refractivity contribution is -0.123. The van der Waals surface area contributed by atoms with Crippen LogP contribution in [-0.2, 0) is 14.8 Å². The molecule has 7 heteroatoms. The Morgan fingerprint density at radius 2 is 1.45 bits per heavy atom. The Hall–Kier alpha value is -1.60. The van der Waals surface area contributed by atoms with Gasteiger partial charge in [-0.1, -0.05) is 44.9 Å². The van der Waals surface area contributed by atoms with Crippen molar-refractivity contribution in [1.82, 2.24) is 9.62 Å². The zero-order chi connectivity index (χ0) is 20.5. The summed E-state index contributed by atoms with van der Waals surface area (Å²) < 4.78 is 32.8. The molecule has 0 bridgehead atoms. The molecule has 1 saturated carbocycles. The maximum atomic E-state index is 12.8. The first kappa shape index (κ1) is 22.1. The molecule has 0 aromatic heterocycles. The molecule has 0 unspecified atom stereocenters. The standard InChI is InChI=1S/C22H34N2O4S/c25-22(23-19-10-6-2-1-3-7-11-19)18-28-20-12-14-21(15-13-20)29(26,27)24-16-8-4-5-9-17-24/h12-15,19H,1-11,16-18H2,(H,23,25). The summed E-state index contributed by atoms with van der Waals surface area (Å²) in [4.78, 5) is 12.5. The van der Waals surface area contributed by atoms with Crippen LogP contribution in [0.15, 0.2) is 29.2 Å². The Balaban J connectivity index is 1.50. The molecule has 1 saturated heterocycles. The highest BCUT2D eigenvalue weighted by Crippen LogP contribution is 2.22. The van der Waals surface area contributed by atoms with Crippen molar-refractivity contribution in [1.29, 1.82) is 0 Å². The van der Waals surface area contributed by atoms with Crippen molar-refractivity contribution in [3.05, 3.63) is 24.3 Å². The summed E-state index contributed by atoms with van der Waals surface area (Å²) in [5.74, 6) is 0.393. The van der Waals surface area contributed by atoms with E-state index < -0.39 is 10.0 Å². The summed E-state index contributed by atoms with van der Waals surface area (Å²) in [5.41, 5.74) is 0. The van der Waals surface area contributed by atoms with Crippen LogP contribution in [0.3, 0.4) is 0 Å². The van der Waals surface area contributed by atoms with Gasteiger partial charge in [0.2, 0.25) is 10.0 Å². The molecule has 0 atom stereocenters. The van der Waals surface area contributed by atoms with E-state index in [-0.39, 0.29) is 23.5 Å². The van der Waals surface area contributed by atoms with E-state index >= 15 is 0 Å². The second-order valence-corrected chi connectivity index (χ2v) is 10.1. The molecular weight excluding hydrogens is 388 g/mol. The van der Waals surface area contributed by atoms with Crippen LogP contribution in [0.2, 0.25) is 0 Å². The highest BCUT2D eigenvalue weighted by Gasteiger charge is 2.25. The first-order valence-electron chi connectivity index (χ1n) is 11.1. The smallest absolute Gasteiger partial charge is 0.258 e. The van der Waals surface area contributed by atoms with Crippen molar-refractivity contribution < 1.29 is 17.9 Å². The maximum Gasteiger partial charge on any atom is 0.258 e. The Bertz CT molecular complexity index is 733. The van der Waals surface area contributed by atoms with E-state index in [2.05, 4.69) is 5.32 Å². The summed E-state index contributed by atoms with van der Waals surface area (Å²) in [6.45, 7) is 1.12. The van der Waals surface area contributed by atoms with Gasteiger partial charge in [0, 0.05) is 19.1 Å². The molecule has 1 aliphatic heterocycles. The molecule has 1 aromatic carbocycles. The van der Waals surface area contributed by atoms with Crippen LogP contribution in [-0.4, -0.2) is 44.4 Å². The van der Waals surface area contributed by atoms with Gasteiger partial charge < -0.3 is 10.1 Å². The molecule has 2 fully saturated rings. The van der Waals surface area contributed by atoms with Gasteiger partial charge in [-0.2, -0.15) is 4.31 Å². The topological polar surface area (TPSA) is 75.7 Å². The van der Waals surface area contributed by atoms with Crippen molar-refractivity contribution >= 4 is 15.9 Å². The molecule has 29 heavy (non-hydrogen) atoms. The monoisotopic (exact) mass is 422 g/mol. The van der Waals surface area contributed by atoms with Crippen LogP contribution in [0, 0.1) is 0 Å². The van der Waals surface area contributed by atoms with Crippen LogP contribution in [0.5, 0.6) is 5.75 Å². The average molecular weight is 423 g/mol. The number of rotatable bonds is 6. The number of carbonyl (C=O) groups excluding carboxylic acids is 1. The highest BCUT2D eigenvalue weighted by molar-refractivity contribution is 7.89. The lowest BCUT2D eigenvalue weighted by Crippen LogP contribution is -2.38. The molecule has 1 heterocycles. The molecule has 1 aromatic rings. The first-order chi connectivity index (χ1) is 14.1. The number of hydrogen-bond donors (Lipinski definition) is 1. The number of nitrogens with zero attached hydrogens (tertiary/aromatic N) is 1. The molecule has 0 radical (unpaired) electrons. The van der Waals surface area contributed by atoms with Crippen LogP contribution in [0.4, 0.5) is 0 Å². The van der Waals surface area contributed by atoms with Crippen molar-refractivity contribution in [2.75, 3.05) is 19.7 Å². The van der Waals surface area contributed by atoms with Gasteiger partial charge in [0.05, 0.1) is 4.90 Å². The zero-order valence-electron chi connectivity index (χ0n) is 17.3. The minimum Gasteiger partial charge on any atom is -0.484 e. The SMILES string of the molecule is O=C(COc1ccc(S(=O)(=O)N2CCCCCC2)cc1)NC1CCCCCCC1. The number of sulfonamides is 1. The zero-order valence-corrected chi connectivity index (χ0v) is 18.1. The molecule has 1 aliphatic carbocycles. The molecule has 6 nitrogen and oxygen atoms in total. The van der Waals surface area contributed by atoms with Gasteiger partial charge in [-0.15, -0.1) is 0 Å².